The summed E-state index contributed by atoms with van der Waals surface area (Å²) >= 11 is 0. The van der Waals surface area contributed by atoms with E-state index in [0.29, 0.717) is 5.56 Å². The topological polar surface area (TPSA) is 98.9 Å². The van der Waals surface area contributed by atoms with Crippen molar-refractivity contribution in [2.45, 2.75) is 45.7 Å². The van der Waals surface area contributed by atoms with Gasteiger partial charge in [0.2, 0.25) is 5.91 Å². The number of carbonyl (C=O) groups is 3. The maximum absolute atomic E-state index is 13.3. The highest BCUT2D eigenvalue weighted by Gasteiger charge is 2.37. The minimum atomic E-state index is -0.946. The highest BCUT2D eigenvalue weighted by atomic mass is 16.6. The van der Waals surface area contributed by atoms with Crippen LogP contribution >= 0.6 is 0 Å². The first-order valence-corrected chi connectivity index (χ1v) is 10.3. The minimum Gasteiger partial charge on any atom is -0.469 e. The summed E-state index contributed by atoms with van der Waals surface area (Å²) in [6, 6.07) is 13.9. The van der Waals surface area contributed by atoms with E-state index in [1.54, 1.807) is 56.3 Å². The summed E-state index contributed by atoms with van der Waals surface area (Å²) < 4.78 is 10.3. The second kappa shape index (κ2) is 11.3. The number of hydrogen-bond donors (Lipinski definition) is 1. The van der Waals surface area contributed by atoms with Crippen LogP contribution in [0.25, 0.3) is 0 Å². The van der Waals surface area contributed by atoms with Gasteiger partial charge in [-0.05, 0) is 35.6 Å². The van der Waals surface area contributed by atoms with Gasteiger partial charge in [0.1, 0.15) is 5.75 Å². The average Bonchev–Trinajstić information content (AvgIpc) is 2.78. The number of esters is 1. The summed E-state index contributed by atoms with van der Waals surface area (Å²) in [6.07, 6.45) is -0.290. The van der Waals surface area contributed by atoms with Gasteiger partial charge < -0.3 is 15.2 Å². The number of aryl methyl sites for hydroxylation is 1. The van der Waals surface area contributed by atoms with Crippen LogP contribution in [0, 0.1) is 5.92 Å². The molecule has 0 saturated heterocycles. The molecule has 0 spiro atoms. The van der Waals surface area contributed by atoms with Gasteiger partial charge in [-0.2, -0.15) is 0 Å². The number of carbonyl (C=O) groups excluding carboxylic acids is 3. The molecule has 0 bridgehead atoms. The van der Waals surface area contributed by atoms with Crippen LogP contribution in [-0.4, -0.2) is 36.0 Å². The lowest BCUT2D eigenvalue weighted by atomic mass is 9.97. The van der Waals surface area contributed by atoms with Crippen LogP contribution in [-0.2, 0) is 20.7 Å². The molecule has 31 heavy (non-hydrogen) atoms. The van der Waals surface area contributed by atoms with Gasteiger partial charge in [0.25, 0.3) is 0 Å². The Morgan fingerprint density at radius 2 is 1.61 bits per heavy atom. The Balaban J connectivity index is 2.50. The van der Waals surface area contributed by atoms with Crippen LogP contribution in [0.1, 0.15) is 44.4 Å². The normalized spacial score (nSPS) is 12.7. The fourth-order valence-corrected chi connectivity index (χ4v) is 3.03. The molecule has 0 fully saturated rings. The molecule has 0 heterocycles. The van der Waals surface area contributed by atoms with Gasteiger partial charge in [-0.15, -0.1) is 0 Å². The molecule has 2 aromatic carbocycles. The number of benzene rings is 2. The van der Waals surface area contributed by atoms with Crippen molar-refractivity contribution in [3.63, 3.8) is 0 Å². The zero-order chi connectivity index (χ0) is 23.0. The summed E-state index contributed by atoms with van der Waals surface area (Å²) in [7, 11) is 1.26. The fraction of sp³-hybridized carbons (Fsp3) is 0.375. The van der Waals surface area contributed by atoms with E-state index in [1.807, 2.05) is 19.1 Å². The Labute approximate surface area is 183 Å². The minimum absolute atomic E-state index is 0.220. The summed E-state index contributed by atoms with van der Waals surface area (Å²) in [5, 5.41) is 0. The van der Waals surface area contributed by atoms with Crippen LogP contribution in [0.2, 0.25) is 0 Å². The Hall–Kier alpha value is -3.19. The highest BCUT2D eigenvalue weighted by Crippen LogP contribution is 2.28. The van der Waals surface area contributed by atoms with E-state index in [2.05, 4.69) is 0 Å². The third kappa shape index (κ3) is 6.39. The van der Waals surface area contributed by atoms with Crippen molar-refractivity contribution in [2.24, 2.45) is 11.7 Å². The summed E-state index contributed by atoms with van der Waals surface area (Å²) in [6.45, 7) is 5.60. The number of hydrogen-bond acceptors (Lipinski definition) is 6. The van der Waals surface area contributed by atoms with E-state index in [1.165, 1.54) is 7.11 Å². The largest absolute Gasteiger partial charge is 0.469 e. The second-order valence-corrected chi connectivity index (χ2v) is 7.55. The van der Waals surface area contributed by atoms with Crippen molar-refractivity contribution in [1.82, 2.24) is 4.90 Å². The number of amides is 2. The van der Waals surface area contributed by atoms with Gasteiger partial charge in [-0.1, -0.05) is 63.2 Å². The zero-order valence-electron chi connectivity index (χ0n) is 18.4. The maximum atomic E-state index is 13.3. The molecular weight excluding hydrogens is 396 g/mol. The summed E-state index contributed by atoms with van der Waals surface area (Å²) in [4.78, 5) is 39.6. The molecule has 7 heteroatoms. The number of rotatable bonds is 8. The first kappa shape index (κ1) is 24.1. The number of nitrogens with two attached hydrogens (primary N) is 1. The van der Waals surface area contributed by atoms with Gasteiger partial charge in [0.05, 0.1) is 25.6 Å². The Kier molecular flexibility index (Phi) is 8.75. The molecule has 0 radical (unpaired) electrons. The molecule has 2 rings (SSSR count). The van der Waals surface area contributed by atoms with Crippen molar-refractivity contribution in [3.05, 3.63) is 65.7 Å². The zero-order valence-corrected chi connectivity index (χ0v) is 18.4. The smallest absolute Gasteiger partial charge is 0.422 e. The highest BCUT2D eigenvalue weighted by molar-refractivity contribution is 5.96. The molecular formula is C24H30N2O5. The molecule has 0 aliphatic heterocycles. The first-order valence-electron chi connectivity index (χ1n) is 10.3. The molecule has 7 nitrogen and oxygen atoms in total. The Bertz CT molecular complexity index is 881. The number of methoxy groups -OCH3 is 1. The Morgan fingerprint density at radius 3 is 2.13 bits per heavy atom. The number of imide groups is 1. The van der Waals surface area contributed by atoms with Crippen LogP contribution in [0.15, 0.2) is 54.6 Å². The molecule has 2 amide bonds. The van der Waals surface area contributed by atoms with E-state index in [9.17, 15) is 14.4 Å². The number of ether oxygens (including phenoxy) is 2. The molecule has 0 saturated carbocycles. The van der Waals surface area contributed by atoms with Gasteiger partial charge in [0, 0.05) is 0 Å². The van der Waals surface area contributed by atoms with Crippen LogP contribution < -0.4 is 10.5 Å². The lowest BCUT2D eigenvalue weighted by Gasteiger charge is -2.32. The third-order valence-electron chi connectivity index (χ3n) is 5.06. The molecule has 166 valence electrons. The van der Waals surface area contributed by atoms with Crippen LogP contribution in [0.3, 0.4) is 0 Å². The second-order valence-electron chi connectivity index (χ2n) is 7.55. The standard InChI is InChI=1S/C24H30N2O5/c1-5-17-11-13-18(14-12-17)20(15-21(27)30-4)26(23(28)22(25)16(2)3)24(29)31-19-9-7-6-8-10-19/h6-14,16,20,22H,5,15,25H2,1-4H3/t20-,22+/m1/s1. The van der Waals surface area contributed by atoms with Crippen molar-refractivity contribution in [1.29, 1.82) is 0 Å². The SMILES string of the molecule is CCc1ccc([C@@H](CC(=O)OC)N(C(=O)Oc2ccccc2)C(=O)[C@@H](N)C(C)C)cc1. The van der Waals surface area contributed by atoms with Crippen LogP contribution in [0.4, 0.5) is 4.79 Å². The van der Waals surface area contributed by atoms with E-state index in [0.717, 1.165) is 16.9 Å². The van der Waals surface area contributed by atoms with Crippen molar-refractivity contribution in [2.75, 3.05) is 7.11 Å². The molecule has 0 aliphatic carbocycles. The molecule has 0 aliphatic rings. The quantitative estimate of drug-likeness (QED) is 0.644. The average molecular weight is 427 g/mol. The maximum Gasteiger partial charge on any atom is 0.422 e. The van der Waals surface area contributed by atoms with Gasteiger partial charge >= 0.3 is 12.1 Å². The van der Waals surface area contributed by atoms with Gasteiger partial charge in [-0.25, -0.2) is 9.69 Å². The van der Waals surface area contributed by atoms with Gasteiger partial charge in [-0.3, -0.25) is 9.59 Å². The molecule has 2 atom stereocenters. The fourth-order valence-electron chi connectivity index (χ4n) is 3.03. The molecule has 2 aromatic rings. The predicted molar refractivity (Wildman–Crippen MR) is 117 cm³/mol. The van der Waals surface area contributed by atoms with E-state index in [-0.39, 0.29) is 18.1 Å². The number of para-hydroxylation sites is 1. The van der Waals surface area contributed by atoms with E-state index in [4.69, 9.17) is 15.2 Å². The third-order valence-corrected chi connectivity index (χ3v) is 5.06. The van der Waals surface area contributed by atoms with Crippen LogP contribution in [0.5, 0.6) is 5.75 Å². The lowest BCUT2D eigenvalue weighted by Crippen LogP contribution is -2.51. The van der Waals surface area contributed by atoms with E-state index < -0.39 is 30.1 Å². The molecule has 2 N–H and O–H groups in total. The predicted octanol–water partition coefficient (Wildman–Crippen LogP) is 3.86. The first-order chi connectivity index (χ1) is 14.8. The monoisotopic (exact) mass is 426 g/mol. The molecule has 0 aromatic heterocycles. The van der Waals surface area contributed by atoms with E-state index >= 15 is 0 Å². The Morgan fingerprint density at radius 1 is 1.00 bits per heavy atom. The van der Waals surface area contributed by atoms with Crippen molar-refractivity contribution < 1.29 is 23.9 Å². The summed E-state index contributed by atoms with van der Waals surface area (Å²) in [5.41, 5.74) is 7.80. The summed E-state index contributed by atoms with van der Waals surface area (Å²) in [5.74, 6) is -1.13. The number of nitrogens with zero attached hydrogens (tertiary/aromatic N) is 1. The van der Waals surface area contributed by atoms with Gasteiger partial charge in [0.15, 0.2) is 0 Å². The van der Waals surface area contributed by atoms with Crippen molar-refractivity contribution in [3.8, 4) is 5.75 Å². The molecule has 0 unspecified atom stereocenters. The van der Waals surface area contributed by atoms with Crippen molar-refractivity contribution >= 4 is 18.0 Å². The lowest BCUT2D eigenvalue weighted by molar-refractivity contribution is -0.143.